The number of hydrogen-bond acceptors (Lipinski definition) is 2. The highest BCUT2D eigenvalue weighted by Gasteiger charge is 2.19. The zero-order chi connectivity index (χ0) is 13.0. The second-order valence-electron chi connectivity index (χ2n) is 5.05. The summed E-state index contributed by atoms with van der Waals surface area (Å²) in [7, 11) is 2.00. The fourth-order valence-corrected chi connectivity index (χ4v) is 2.85. The van der Waals surface area contributed by atoms with E-state index in [0.29, 0.717) is 0 Å². The molecule has 1 N–H and O–H groups in total. The van der Waals surface area contributed by atoms with E-state index in [1.165, 1.54) is 18.9 Å². The van der Waals surface area contributed by atoms with Crippen LogP contribution in [0, 0.1) is 11.7 Å². The minimum absolute atomic E-state index is 0.219. The van der Waals surface area contributed by atoms with Gasteiger partial charge in [-0.05, 0) is 56.6 Å². The van der Waals surface area contributed by atoms with Crippen LogP contribution in [0.3, 0.4) is 0 Å². The van der Waals surface area contributed by atoms with Crippen molar-refractivity contribution in [2.24, 2.45) is 5.92 Å². The van der Waals surface area contributed by atoms with Gasteiger partial charge in [-0.3, -0.25) is 4.90 Å². The van der Waals surface area contributed by atoms with Gasteiger partial charge >= 0.3 is 0 Å². The summed E-state index contributed by atoms with van der Waals surface area (Å²) in [6, 6.07) is 5.01. The summed E-state index contributed by atoms with van der Waals surface area (Å²) in [6.45, 7) is 4.16. The molecule has 1 fully saturated rings. The van der Waals surface area contributed by atoms with Crippen molar-refractivity contribution < 1.29 is 4.39 Å². The van der Waals surface area contributed by atoms with E-state index in [0.717, 1.165) is 37.7 Å². The largest absolute Gasteiger partial charge is 0.319 e. The summed E-state index contributed by atoms with van der Waals surface area (Å²) >= 11 is 5.81. The standard InChI is InChI=1S/C14H20ClFN2/c1-17-8-12-3-2-6-18(10-12)9-11-4-5-14(16)13(15)7-11/h4-5,7,12,17H,2-3,6,8-10H2,1H3. The molecule has 0 spiro atoms. The van der Waals surface area contributed by atoms with E-state index in [-0.39, 0.29) is 10.8 Å². The molecule has 1 aliphatic heterocycles. The molecule has 2 nitrogen and oxygen atoms in total. The second kappa shape index (κ2) is 6.50. The molecule has 2 rings (SSSR count). The number of rotatable bonds is 4. The van der Waals surface area contributed by atoms with Crippen LogP contribution in [-0.2, 0) is 6.54 Å². The number of nitrogens with one attached hydrogen (secondary N) is 1. The topological polar surface area (TPSA) is 15.3 Å². The molecule has 0 radical (unpaired) electrons. The summed E-state index contributed by atoms with van der Waals surface area (Å²) in [4.78, 5) is 2.43. The molecule has 100 valence electrons. The smallest absolute Gasteiger partial charge is 0.141 e. The summed E-state index contributed by atoms with van der Waals surface area (Å²) in [5.41, 5.74) is 1.09. The van der Waals surface area contributed by atoms with E-state index in [2.05, 4.69) is 10.2 Å². The van der Waals surface area contributed by atoms with E-state index in [1.807, 2.05) is 13.1 Å². The lowest BCUT2D eigenvalue weighted by atomic mass is 9.97. The van der Waals surface area contributed by atoms with E-state index >= 15 is 0 Å². The van der Waals surface area contributed by atoms with Gasteiger partial charge in [0.25, 0.3) is 0 Å². The van der Waals surface area contributed by atoms with Gasteiger partial charge in [0.05, 0.1) is 5.02 Å². The molecule has 1 aromatic rings. The number of benzene rings is 1. The van der Waals surface area contributed by atoms with Crippen LogP contribution in [0.4, 0.5) is 4.39 Å². The lowest BCUT2D eigenvalue weighted by Gasteiger charge is -2.32. The average Bonchev–Trinajstić information content (AvgIpc) is 2.35. The predicted octanol–water partition coefficient (Wildman–Crippen LogP) is 2.91. The Morgan fingerprint density at radius 2 is 2.33 bits per heavy atom. The first-order valence-electron chi connectivity index (χ1n) is 6.50. The van der Waals surface area contributed by atoms with Crippen LogP contribution in [0.15, 0.2) is 18.2 Å². The summed E-state index contributed by atoms with van der Waals surface area (Å²) in [5, 5.41) is 3.46. The number of nitrogens with zero attached hydrogens (tertiary/aromatic N) is 1. The van der Waals surface area contributed by atoms with E-state index in [9.17, 15) is 4.39 Å². The zero-order valence-electron chi connectivity index (χ0n) is 10.8. The van der Waals surface area contributed by atoms with Crippen molar-refractivity contribution in [2.45, 2.75) is 19.4 Å². The molecule has 1 atom stereocenters. The normalized spacial score (nSPS) is 21.2. The molecule has 0 aliphatic carbocycles. The third-order valence-electron chi connectivity index (χ3n) is 3.49. The van der Waals surface area contributed by atoms with Gasteiger partial charge in [-0.2, -0.15) is 0 Å². The van der Waals surface area contributed by atoms with E-state index < -0.39 is 0 Å². The van der Waals surface area contributed by atoms with Gasteiger partial charge in [-0.1, -0.05) is 17.7 Å². The Bertz CT molecular complexity index is 395. The molecule has 1 aromatic carbocycles. The molecule has 4 heteroatoms. The molecule has 1 aliphatic rings. The summed E-state index contributed by atoms with van der Waals surface area (Å²) < 4.78 is 13.1. The maximum Gasteiger partial charge on any atom is 0.141 e. The monoisotopic (exact) mass is 270 g/mol. The highest BCUT2D eigenvalue weighted by Crippen LogP contribution is 2.21. The van der Waals surface area contributed by atoms with Gasteiger partial charge in [-0.15, -0.1) is 0 Å². The summed E-state index contributed by atoms with van der Waals surface area (Å²) in [6.07, 6.45) is 2.53. The van der Waals surface area contributed by atoms with Gasteiger partial charge in [0, 0.05) is 13.1 Å². The Labute approximate surface area is 113 Å². The van der Waals surface area contributed by atoms with Crippen molar-refractivity contribution in [1.82, 2.24) is 10.2 Å². The fraction of sp³-hybridized carbons (Fsp3) is 0.571. The number of likely N-dealkylation sites (tertiary alicyclic amines) is 1. The quantitative estimate of drug-likeness (QED) is 0.905. The average molecular weight is 271 g/mol. The Balaban J connectivity index is 1.93. The van der Waals surface area contributed by atoms with Crippen LogP contribution >= 0.6 is 11.6 Å². The first kappa shape index (κ1) is 13.8. The zero-order valence-corrected chi connectivity index (χ0v) is 11.5. The summed E-state index contributed by atoms with van der Waals surface area (Å²) in [5.74, 6) is 0.381. The first-order valence-corrected chi connectivity index (χ1v) is 6.87. The lowest BCUT2D eigenvalue weighted by molar-refractivity contribution is 0.167. The van der Waals surface area contributed by atoms with Crippen molar-refractivity contribution in [3.05, 3.63) is 34.6 Å². The van der Waals surface area contributed by atoms with Gasteiger partial charge in [-0.25, -0.2) is 4.39 Å². The molecule has 1 unspecified atom stereocenters. The molecule has 18 heavy (non-hydrogen) atoms. The third-order valence-corrected chi connectivity index (χ3v) is 3.78. The molecular formula is C14H20ClFN2. The molecular weight excluding hydrogens is 251 g/mol. The van der Waals surface area contributed by atoms with Crippen molar-refractivity contribution in [2.75, 3.05) is 26.7 Å². The van der Waals surface area contributed by atoms with Crippen LogP contribution in [0.2, 0.25) is 5.02 Å². The maximum atomic E-state index is 13.1. The maximum absolute atomic E-state index is 13.1. The van der Waals surface area contributed by atoms with Gasteiger partial charge in [0.15, 0.2) is 0 Å². The van der Waals surface area contributed by atoms with Crippen LogP contribution in [0.5, 0.6) is 0 Å². The Hall–Kier alpha value is -0.640. The lowest BCUT2D eigenvalue weighted by Crippen LogP contribution is -2.38. The highest BCUT2D eigenvalue weighted by atomic mass is 35.5. The molecule has 0 saturated carbocycles. The van der Waals surface area contributed by atoms with E-state index in [4.69, 9.17) is 11.6 Å². The Kier molecular flexibility index (Phi) is 4.98. The minimum atomic E-state index is -0.341. The second-order valence-corrected chi connectivity index (χ2v) is 5.46. The van der Waals surface area contributed by atoms with Crippen LogP contribution in [0.1, 0.15) is 18.4 Å². The Morgan fingerprint density at radius 3 is 3.06 bits per heavy atom. The fourth-order valence-electron chi connectivity index (χ4n) is 2.65. The predicted molar refractivity (Wildman–Crippen MR) is 73.3 cm³/mol. The highest BCUT2D eigenvalue weighted by molar-refractivity contribution is 6.30. The van der Waals surface area contributed by atoms with Crippen molar-refractivity contribution in [1.29, 1.82) is 0 Å². The number of hydrogen-bond donors (Lipinski definition) is 1. The third kappa shape index (κ3) is 3.67. The van der Waals surface area contributed by atoms with Gasteiger partial charge < -0.3 is 5.32 Å². The number of halogens is 2. The van der Waals surface area contributed by atoms with Crippen LogP contribution < -0.4 is 5.32 Å². The molecule has 1 heterocycles. The Morgan fingerprint density at radius 1 is 1.50 bits per heavy atom. The van der Waals surface area contributed by atoms with Crippen LogP contribution in [-0.4, -0.2) is 31.6 Å². The van der Waals surface area contributed by atoms with Crippen molar-refractivity contribution in [3.63, 3.8) is 0 Å². The van der Waals surface area contributed by atoms with Crippen molar-refractivity contribution in [3.8, 4) is 0 Å². The number of piperidine rings is 1. The van der Waals surface area contributed by atoms with Gasteiger partial charge in [0.2, 0.25) is 0 Å². The minimum Gasteiger partial charge on any atom is -0.319 e. The SMILES string of the molecule is CNCC1CCCN(Cc2ccc(F)c(Cl)c2)C1. The van der Waals surface area contributed by atoms with Gasteiger partial charge in [0.1, 0.15) is 5.82 Å². The molecule has 1 saturated heterocycles. The molecule has 0 amide bonds. The molecule has 0 bridgehead atoms. The van der Waals surface area contributed by atoms with Crippen LogP contribution in [0.25, 0.3) is 0 Å². The molecule has 0 aromatic heterocycles. The van der Waals surface area contributed by atoms with E-state index in [1.54, 1.807) is 6.07 Å². The first-order chi connectivity index (χ1) is 8.69. The van der Waals surface area contributed by atoms with Crippen molar-refractivity contribution >= 4 is 11.6 Å².